The van der Waals surface area contributed by atoms with Crippen molar-refractivity contribution >= 4 is 5.97 Å². The molecule has 0 radical (unpaired) electrons. The van der Waals surface area contributed by atoms with E-state index in [-0.39, 0.29) is 0 Å². The summed E-state index contributed by atoms with van der Waals surface area (Å²) >= 11 is 0. The molecule has 22 heavy (non-hydrogen) atoms. The first-order valence-electron chi connectivity index (χ1n) is 7.03. The Morgan fingerprint density at radius 2 is 1.91 bits per heavy atom. The van der Waals surface area contributed by atoms with Gasteiger partial charge in [0.15, 0.2) is 0 Å². The van der Waals surface area contributed by atoms with Gasteiger partial charge in [0.05, 0.1) is 12.2 Å². The molecular formula is C18H18O4. The van der Waals surface area contributed by atoms with Crippen LogP contribution in [0.25, 0.3) is 0 Å². The maximum atomic E-state index is 12.1. The standard InChI is InChI=1S/C18H18O4/c1-3-20-17-12-8-11-15(18(19)22-21-4-2)16(17)13-14-9-6-5-7-10-14/h4-12H,2-3,13H2,1H3. The van der Waals surface area contributed by atoms with Crippen LogP contribution in [0.15, 0.2) is 61.4 Å². The zero-order valence-corrected chi connectivity index (χ0v) is 12.5. The molecule has 4 heteroatoms. The molecule has 0 aromatic heterocycles. The summed E-state index contributed by atoms with van der Waals surface area (Å²) in [5.74, 6) is 0.0896. The van der Waals surface area contributed by atoms with Crippen LogP contribution in [0.1, 0.15) is 28.4 Å². The van der Waals surface area contributed by atoms with Gasteiger partial charge >= 0.3 is 5.97 Å². The van der Waals surface area contributed by atoms with Crippen molar-refractivity contribution in [3.63, 3.8) is 0 Å². The molecular weight excluding hydrogens is 280 g/mol. The number of hydrogen-bond acceptors (Lipinski definition) is 4. The van der Waals surface area contributed by atoms with Crippen molar-refractivity contribution in [2.24, 2.45) is 0 Å². The monoisotopic (exact) mass is 298 g/mol. The maximum Gasteiger partial charge on any atom is 0.386 e. The molecule has 0 aliphatic heterocycles. The number of benzene rings is 2. The fourth-order valence-corrected chi connectivity index (χ4v) is 2.15. The Kier molecular flexibility index (Phi) is 5.60. The van der Waals surface area contributed by atoms with Crippen molar-refractivity contribution < 1.29 is 19.3 Å². The molecule has 0 unspecified atom stereocenters. The van der Waals surface area contributed by atoms with Crippen LogP contribution >= 0.6 is 0 Å². The Bertz CT molecular complexity index is 635. The third-order valence-electron chi connectivity index (χ3n) is 3.07. The Labute approximate surface area is 129 Å². The van der Waals surface area contributed by atoms with Crippen LogP contribution in [-0.4, -0.2) is 12.6 Å². The highest BCUT2D eigenvalue weighted by molar-refractivity contribution is 5.91. The number of carbonyl (C=O) groups is 1. The van der Waals surface area contributed by atoms with Crippen molar-refractivity contribution in [1.29, 1.82) is 0 Å². The Morgan fingerprint density at radius 3 is 2.59 bits per heavy atom. The first kappa shape index (κ1) is 15.6. The van der Waals surface area contributed by atoms with E-state index in [9.17, 15) is 4.79 Å². The van der Waals surface area contributed by atoms with Gasteiger partial charge < -0.3 is 4.74 Å². The number of ether oxygens (including phenoxy) is 1. The zero-order chi connectivity index (χ0) is 15.8. The quantitative estimate of drug-likeness (QED) is 0.442. The molecule has 0 bridgehead atoms. The van der Waals surface area contributed by atoms with Gasteiger partial charge in [-0.05, 0) is 24.6 Å². The third kappa shape index (κ3) is 3.88. The predicted octanol–water partition coefficient (Wildman–Crippen LogP) is 3.91. The lowest BCUT2D eigenvalue weighted by atomic mass is 9.98. The largest absolute Gasteiger partial charge is 0.494 e. The number of rotatable bonds is 7. The summed E-state index contributed by atoms with van der Waals surface area (Å²) in [6.07, 6.45) is 1.62. The predicted molar refractivity (Wildman–Crippen MR) is 83.6 cm³/mol. The van der Waals surface area contributed by atoms with Crippen LogP contribution in [0.3, 0.4) is 0 Å². The van der Waals surface area contributed by atoms with Crippen molar-refractivity contribution in [3.8, 4) is 5.75 Å². The molecule has 4 nitrogen and oxygen atoms in total. The average molecular weight is 298 g/mol. The molecule has 0 amide bonds. The molecule has 0 fully saturated rings. The third-order valence-corrected chi connectivity index (χ3v) is 3.07. The van der Waals surface area contributed by atoms with E-state index in [4.69, 9.17) is 4.74 Å². The summed E-state index contributed by atoms with van der Waals surface area (Å²) in [6.45, 7) is 5.76. The van der Waals surface area contributed by atoms with E-state index in [2.05, 4.69) is 16.4 Å². The molecule has 114 valence electrons. The summed E-state index contributed by atoms with van der Waals surface area (Å²) in [4.78, 5) is 21.3. The lowest BCUT2D eigenvalue weighted by Gasteiger charge is -2.14. The molecule has 0 atom stereocenters. The minimum Gasteiger partial charge on any atom is -0.494 e. The molecule has 0 aliphatic carbocycles. The molecule has 2 aromatic carbocycles. The summed E-state index contributed by atoms with van der Waals surface area (Å²) < 4.78 is 5.64. The lowest BCUT2D eigenvalue weighted by molar-refractivity contribution is -0.190. The van der Waals surface area contributed by atoms with E-state index < -0.39 is 5.97 Å². The Hall–Kier alpha value is -2.75. The van der Waals surface area contributed by atoms with Crippen LogP contribution in [0, 0.1) is 0 Å². The maximum absolute atomic E-state index is 12.1. The van der Waals surface area contributed by atoms with E-state index in [1.165, 1.54) is 0 Å². The normalized spacial score (nSPS) is 9.86. The van der Waals surface area contributed by atoms with Crippen molar-refractivity contribution in [2.45, 2.75) is 13.3 Å². The molecule has 2 rings (SSSR count). The van der Waals surface area contributed by atoms with E-state index in [0.717, 1.165) is 17.4 Å². The van der Waals surface area contributed by atoms with Crippen molar-refractivity contribution in [3.05, 3.63) is 78.1 Å². The van der Waals surface area contributed by atoms with Gasteiger partial charge in [-0.1, -0.05) is 43.0 Å². The molecule has 0 saturated heterocycles. The average Bonchev–Trinajstić information content (AvgIpc) is 2.55. The second-order valence-electron chi connectivity index (χ2n) is 4.51. The fourth-order valence-electron chi connectivity index (χ4n) is 2.15. The van der Waals surface area contributed by atoms with Crippen LogP contribution in [0.5, 0.6) is 5.75 Å². The first-order chi connectivity index (χ1) is 10.8. The van der Waals surface area contributed by atoms with Gasteiger partial charge in [0, 0.05) is 12.0 Å². The molecule has 0 aliphatic rings. The molecule has 0 heterocycles. The second-order valence-corrected chi connectivity index (χ2v) is 4.51. The van der Waals surface area contributed by atoms with E-state index in [1.807, 2.05) is 43.3 Å². The van der Waals surface area contributed by atoms with Crippen molar-refractivity contribution in [2.75, 3.05) is 6.61 Å². The zero-order valence-electron chi connectivity index (χ0n) is 12.5. The van der Waals surface area contributed by atoms with Crippen LogP contribution in [0.2, 0.25) is 0 Å². The van der Waals surface area contributed by atoms with E-state index in [0.29, 0.717) is 24.3 Å². The Balaban J connectivity index is 2.37. The summed E-state index contributed by atoms with van der Waals surface area (Å²) in [5.41, 5.74) is 2.26. The van der Waals surface area contributed by atoms with Gasteiger partial charge in [0.2, 0.25) is 0 Å². The molecule has 0 spiro atoms. The minimum absolute atomic E-state index is 0.414. The first-order valence-corrected chi connectivity index (χ1v) is 7.03. The van der Waals surface area contributed by atoms with Gasteiger partial charge in [-0.2, -0.15) is 0 Å². The summed E-state index contributed by atoms with van der Waals surface area (Å²) in [6, 6.07) is 15.1. The Morgan fingerprint density at radius 1 is 1.14 bits per heavy atom. The van der Waals surface area contributed by atoms with Crippen LogP contribution in [-0.2, 0) is 16.2 Å². The van der Waals surface area contributed by atoms with Gasteiger partial charge in [-0.25, -0.2) is 9.68 Å². The van der Waals surface area contributed by atoms with Crippen molar-refractivity contribution in [1.82, 2.24) is 0 Å². The topological polar surface area (TPSA) is 44.8 Å². The number of carbonyl (C=O) groups excluding carboxylic acids is 1. The summed E-state index contributed by atoms with van der Waals surface area (Å²) in [5, 5.41) is 0. The highest BCUT2D eigenvalue weighted by Gasteiger charge is 2.18. The smallest absolute Gasteiger partial charge is 0.386 e. The molecule has 0 N–H and O–H groups in total. The molecule has 2 aromatic rings. The van der Waals surface area contributed by atoms with E-state index in [1.54, 1.807) is 12.1 Å². The second kappa shape index (κ2) is 7.88. The SMILES string of the molecule is C=COOC(=O)c1cccc(OCC)c1Cc1ccccc1. The highest BCUT2D eigenvalue weighted by atomic mass is 17.2. The van der Waals surface area contributed by atoms with Gasteiger partial charge in [-0.3, -0.25) is 4.89 Å². The van der Waals surface area contributed by atoms with Crippen LogP contribution < -0.4 is 4.74 Å². The van der Waals surface area contributed by atoms with Gasteiger partial charge in [0.25, 0.3) is 0 Å². The number of hydrogen-bond donors (Lipinski definition) is 0. The molecule has 0 saturated carbocycles. The fraction of sp³-hybridized carbons (Fsp3) is 0.167. The van der Waals surface area contributed by atoms with Gasteiger partial charge in [-0.15, -0.1) is 0 Å². The lowest BCUT2D eigenvalue weighted by Crippen LogP contribution is -2.10. The highest BCUT2D eigenvalue weighted by Crippen LogP contribution is 2.26. The van der Waals surface area contributed by atoms with E-state index >= 15 is 0 Å². The minimum atomic E-state index is -0.576. The van der Waals surface area contributed by atoms with Gasteiger partial charge in [0.1, 0.15) is 12.0 Å². The summed E-state index contributed by atoms with van der Waals surface area (Å²) in [7, 11) is 0. The van der Waals surface area contributed by atoms with Crippen LogP contribution in [0.4, 0.5) is 0 Å².